The molecule has 2 aromatic carbocycles. The quantitative estimate of drug-likeness (QED) is 0.165. The first-order chi connectivity index (χ1) is 19.6. The number of aryl methyl sites for hydroxylation is 1. The molecule has 0 fully saturated rings. The topological polar surface area (TPSA) is 164 Å². The van der Waals surface area contributed by atoms with Gasteiger partial charge in [0.15, 0.2) is 11.6 Å². The van der Waals surface area contributed by atoms with Crippen molar-refractivity contribution in [3.05, 3.63) is 77.8 Å². The van der Waals surface area contributed by atoms with Crippen molar-refractivity contribution in [3.8, 4) is 0 Å². The van der Waals surface area contributed by atoms with E-state index in [4.69, 9.17) is 9.15 Å². The Kier molecular flexibility index (Phi) is 10.6. The van der Waals surface area contributed by atoms with Crippen molar-refractivity contribution in [3.63, 3.8) is 0 Å². The monoisotopic (exact) mass is 547 g/mol. The third-order valence-corrected chi connectivity index (χ3v) is 6.19. The van der Waals surface area contributed by atoms with Gasteiger partial charge >= 0.3 is 6.09 Å². The van der Waals surface area contributed by atoms with Crippen LogP contribution in [0, 0.1) is 0 Å². The van der Waals surface area contributed by atoms with Crippen LogP contribution >= 0.6 is 0 Å². The summed E-state index contributed by atoms with van der Waals surface area (Å²) in [4.78, 5) is 37.9. The van der Waals surface area contributed by atoms with Gasteiger partial charge < -0.3 is 25.1 Å². The molecule has 40 heavy (non-hydrogen) atoms. The maximum Gasteiger partial charge on any atom is 0.407 e. The number of tetrazole rings is 1. The predicted octanol–water partition coefficient (Wildman–Crippen LogP) is 3.28. The van der Waals surface area contributed by atoms with Crippen LogP contribution in [0.4, 0.5) is 4.79 Å². The van der Waals surface area contributed by atoms with Gasteiger partial charge in [-0.1, -0.05) is 60.2 Å². The second-order valence-electron chi connectivity index (χ2n) is 9.23. The number of carbonyl (C=O) groups is 3. The Labute approximate surface area is 231 Å². The average molecular weight is 548 g/mol. The number of aromatic nitrogens is 4. The highest BCUT2D eigenvalue weighted by molar-refractivity contribution is 5.98. The third-order valence-electron chi connectivity index (χ3n) is 6.19. The second kappa shape index (κ2) is 15.0. The molecule has 2 heterocycles. The number of carbonyl (C=O) groups excluding carboxylic acids is 3. The lowest BCUT2D eigenvalue weighted by Gasteiger charge is -2.18. The zero-order valence-electron chi connectivity index (χ0n) is 22.1. The number of para-hydroxylation sites is 1. The molecular weight excluding hydrogens is 514 g/mol. The van der Waals surface area contributed by atoms with Crippen molar-refractivity contribution in [2.24, 2.45) is 0 Å². The van der Waals surface area contributed by atoms with Crippen molar-refractivity contribution < 1.29 is 23.5 Å². The van der Waals surface area contributed by atoms with Crippen molar-refractivity contribution >= 4 is 28.9 Å². The predicted molar refractivity (Wildman–Crippen MR) is 146 cm³/mol. The van der Waals surface area contributed by atoms with E-state index in [0.717, 1.165) is 30.2 Å². The van der Waals surface area contributed by atoms with Gasteiger partial charge in [-0.3, -0.25) is 9.59 Å². The lowest BCUT2D eigenvalue weighted by atomic mass is 10.1. The Morgan fingerprint density at radius 3 is 2.52 bits per heavy atom. The Bertz CT molecular complexity index is 1320. The van der Waals surface area contributed by atoms with Gasteiger partial charge in [0.05, 0.1) is 0 Å². The van der Waals surface area contributed by atoms with Crippen LogP contribution in [0.15, 0.2) is 65.1 Å². The number of amides is 3. The van der Waals surface area contributed by atoms with Crippen LogP contribution in [0.5, 0.6) is 0 Å². The van der Waals surface area contributed by atoms with E-state index in [0.29, 0.717) is 37.2 Å². The number of H-pyrrole nitrogens is 1. The van der Waals surface area contributed by atoms with Crippen LogP contribution < -0.4 is 16.0 Å². The van der Waals surface area contributed by atoms with Crippen LogP contribution in [-0.4, -0.2) is 57.7 Å². The molecule has 2 aromatic heterocycles. The van der Waals surface area contributed by atoms with E-state index in [1.54, 1.807) is 12.1 Å². The van der Waals surface area contributed by atoms with E-state index in [-0.39, 0.29) is 24.8 Å². The fourth-order valence-electron chi connectivity index (χ4n) is 4.07. The first-order valence-corrected chi connectivity index (χ1v) is 13.3. The normalized spacial score (nSPS) is 11.6. The molecule has 210 valence electrons. The van der Waals surface area contributed by atoms with E-state index in [9.17, 15) is 14.4 Å². The number of alkyl carbamates (subject to hydrolysis) is 1. The minimum Gasteiger partial charge on any atom is -0.451 e. The van der Waals surface area contributed by atoms with Gasteiger partial charge in [-0.25, -0.2) is 4.79 Å². The van der Waals surface area contributed by atoms with Crippen LogP contribution in [0.3, 0.4) is 0 Å². The summed E-state index contributed by atoms with van der Waals surface area (Å²) in [7, 11) is 0. The Morgan fingerprint density at radius 1 is 0.925 bits per heavy atom. The third kappa shape index (κ3) is 8.93. The minimum absolute atomic E-state index is 0.128. The number of hydrogen-bond donors (Lipinski definition) is 4. The van der Waals surface area contributed by atoms with Crippen LogP contribution in [0.1, 0.15) is 54.0 Å². The number of furan rings is 1. The molecule has 0 saturated heterocycles. The molecule has 3 amide bonds. The van der Waals surface area contributed by atoms with Gasteiger partial charge in [0, 0.05) is 24.9 Å². The van der Waals surface area contributed by atoms with Gasteiger partial charge in [-0.05, 0) is 43.4 Å². The highest BCUT2D eigenvalue weighted by Gasteiger charge is 2.23. The summed E-state index contributed by atoms with van der Waals surface area (Å²) in [5, 5.41) is 23.0. The zero-order chi connectivity index (χ0) is 28.0. The Morgan fingerprint density at radius 2 is 1.73 bits per heavy atom. The number of hydrogen-bond acceptors (Lipinski definition) is 8. The molecule has 4 aromatic rings. The number of aromatic amines is 1. The first kappa shape index (κ1) is 28.3. The van der Waals surface area contributed by atoms with Crippen LogP contribution in [0.2, 0.25) is 0 Å². The summed E-state index contributed by atoms with van der Waals surface area (Å²) in [5.41, 5.74) is 1.48. The van der Waals surface area contributed by atoms with E-state index in [2.05, 4.69) is 36.6 Å². The van der Waals surface area contributed by atoms with E-state index in [1.807, 2.05) is 48.5 Å². The summed E-state index contributed by atoms with van der Waals surface area (Å²) in [6.07, 6.45) is 3.44. The fourth-order valence-corrected chi connectivity index (χ4v) is 4.07. The number of benzene rings is 2. The summed E-state index contributed by atoms with van der Waals surface area (Å²) < 4.78 is 10.9. The lowest BCUT2D eigenvalue weighted by molar-refractivity contribution is -0.123. The fraction of sp³-hybridized carbons (Fsp3) is 0.357. The highest BCUT2D eigenvalue weighted by atomic mass is 16.5. The summed E-state index contributed by atoms with van der Waals surface area (Å²) in [5.74, 6) is 0.0130. The minimum atomic E-state index is -0.804. The van der Waals surface area contributed by atoms with Gasteiger partial charge in [-0.2, -0.15) is 5.21 Å². The SMILES string of the molecule is O=C(NCCC[C@H](NC(=O)c1cc2ccccc2o1)C(=O)NCCCCCc1nn[nH]n1)OCc1ccccc1. The number of nitrogens with one attached hydrogen (secondary N) is 4. The van der Waals surface area contributed by atoms with Gasteiger partial charge in [-0.15, -0.1) is 10.2 Å². The van der Waals surface area contributed by atoms with Crippen LogP contribution in [0.25, 0.3) is 11.0 Å². The zero-order valence-corrected chi connectivity index (χ0v) is 22.1. The maximum absolute atomic E-state index is 13.0. The number of nitrogens with zero attached hydrogens (tertiary/aromatic N) is 3. The molecule has 4 N–H and O–H groups in total. The molecular formula is C28H33N7O5. The molecule has 0 aliphatic carbocycles. The Balaban J connectivity index is 1.23. The molecule has 0 unspecified atom stereocenters. The summed E-state index contributed by atoms with van der Waals surface area (Å²) in [6, 6.07) is 17.5. The first-order valence-electron chi connectivity index (χ1n) is 13.3. The average Bonchev–Trinajstić information content (AvgIpc) is 3.66. The smallest absolute Gasteiger partial charge is 0.407 e. The second-order valence-corrected chi connectivity index (χ2v) is 9.23. The molecule has 12 heteroatoms. The summed E-state index contributed by atoms with van der Waals surface area (Å²) >= 11 is 0. The lowest BCUT2D eigenvalue weighted by Crippen LogP contribution is -2.47. The molecule has 1 atom stereocenters. The molecule has 0 aliphatic rings. The molecule has 12 nitrogen and oxygen atoms in total. The Hall–Kier alpha value is -4.74. The number of fused-ring (bicyclic) bond motifs is 1. The van der Waals surface area contributed by atoms with Crippen molar-refractivity contribution in [1.29, 1.82) is 0 Å². The van der Waals surface area contributed by atoms with E-state index in [1.165, 1.54) is 0 Å². The molecule has 0 radical (unpaired) electrons. The van der Waals surface area contributed by atoms with Crippen molar-refractivity contribution in [2.75, 3.05) is 13.1 Å². The highest BCUT2D eigenvalue weighted by Crippen LogP contribution is 2.19. The van der Waals surface area contributed by atoms with E-state index < -0.39 is 18.0 Å². The number of unbranched alkanes of at least 4 members (excludes halogenated alkanes) is 2. The van der Waals surface area contributed by atoms with Crippen LogP contribution in [-0.2, 0) is 22.6 Å². The number of ether oxygens (including phenoxy) is 1. The van der Waals surface area contributed by atoms with Crippen molar-refractivity contribution in [1.82, 2.24) is 36.6 Å². The molecule has 0 saturated carbocycles. The van der Waals surface area contributed by atoms with Gasteiger partial charge in [0.2, 0.25) is 5.91 Å². The molecule has 0 aliphatic heterocycles. The van der Waals surface area contributed by atoms with E-state index >= 15 is 0 Å². The molecule has 0 spiro atoms. The van der Waals surface area contributed by atoms with Crippen molar-refractivity contribution in [2.45, 2.75) is 51.2 Å². The maximum atomic E-state index is 13.0. The summed E-state index contributed by atoms with van der Waals surface area (Å²) in [6.45, 7) is 0.917. The molecule has 0 bridgehead atoms. The van der Waals surface area contributed by atoms with Gasteiger partial charge in [0.1, 0.15) is 18.2 Å². The van der Waals surface area contributed by atoms with Gasteiger partial charge in [0.25, 0.3) is 5.91 Å². The largest absolute Gasteiger partial charge is 0.451 e. The standard InChI is InChI=1S/C28H33N7O5/c36-26(29-16-8-2-5-15-25-32-34-35-33-25)22(31-27(37)24-18-21-12-6-7-14-23(21)40-24)13-9-17-30-28(38)39-19-20-10-3-1-4-11-20/h1,3-4,6-7,10-12,14,18,22H,2,5,8-9,13,15-17,19H2,(H,29,36)(H,30,38)(H,31,37)(H,32,33,34,35)/t22-/m0/s1. The number of rotatable bonds is 15. The molecule has 4 rings (SSSR count).